The van der Waals surface area contributed by atoms with Crippen molar-refractivity contribution in [2.45, 2.75) is 0 Å². The van der Waals surface area contributed by atoms with Gasteiger partial charge in [-0.3, -0.25) is 0 Å². The molecule has 1 aromatic carbocycles. The number of nitrogens with one attached hydrogen (secondary N) is 1. The molecule has 0 aliphatic carbocycles. The Bertz CT molecular complexity index is 1120. The lowest BCUT2D eigenvalue weighted by molar-refractivity contribution is 0.0740. The van der Waals surface area contributed by atoms with Crippen molar-refractivity contribution in [3.8, 4) is 16.5 Å². The molecule has 0 amide bonds. The molecule has 0 aliphatic rings. The fraction of sp³-hybridized carbons (Fsp3) is 0. The average molecular weight is 413 g/mol. The molecular formula is C18H12N4O2S3. The first-order valence-corrected chi connectivity index (χ1v) is 9.99. The van der Waals surface area contributed by atoms with Gasteiger partial charge in [0.2, 0.25) is 4.77 Å². The van der Waals surface area contributed by atoms with Gasteiger partial charge in [-0.1, -0.05) is 12.1 Å². The number of hydrogen-bond donors (Lipinski definition) is 1. The SMILES string of the molecule is O=C(Oc1ccc(/C=N\n2c(-c3cccs3)n[nH]c2=S)cc1)c1cccs1. The molecule has 0 bridgehead atoms. The average Bonchev–Trinajstić information content (AvgIpc) is 3.43. The maximum Gasteiger partial charge on any atom is 0.353 e. The number of rotatable bonds is 5. The van der Waals surface area contributed by atoms with Crippen LogP contribution in [-0.2, 0) is 0 Å². The van der Waals surface area contributed by atoms with Crippen molar-refractivity contribution in [3.05, 3.63) is 74.5 Å². The van der Waals surface area contributed by atoms with Crippen LogP contribution in [0.3, 0.4) is 0 Å². The first-order valence-electron chi connectivity index (χ1n) is 7.82. The fourth-order valence-electron chi connectivity index (χ4n) is 2.26. The Balaban J connectivity index is 1.50. The summed E-state index contributed by atoms with van der Waals surface area (Å²) in [5.74, 6) is 0.772. The van der Waals surface area contributed by atoms with Crippen molar-refractivity contribution in [2.75, 3.05) is 0 Å². The summed E-state index contributed by atoms with van der Waals surface area (Å²) in [4.78, 5) is 13.5. The van der Waals surface area contributed by atoms with Gasteiger partial charge in [0, 0.05) is 0 Å². The van der Waals surface area contributed by atoms with E-state index >= 15 is 0 Å². The number of nitrogens with zero attached hydrogens (tertiary/aromatic N) is 3. The predicted octanol–water partition coefficient (Wildman–Crippen LogP) is 4.83. The summed E-state index contributed by atoms with van der Waals surface area (Å²) >= 11 is 8.15. The first kappa shape index (κ1) is 17.5. The van der Waals surface area contributed by atoms with Gasteiger partial charge in [-0.15, -0.1) is 22.7 Å². The van der Waals surface area contributed by atoms with Gasteiger partial charge in [0.15, 0.2) is 5.82 Å². The molecule has 0 saturated heterocycles. The van der Waals surface area contributed by atoms with Crippen molar-refractivity contribution in [2.24, 2.45) is 5.10 Å². The van der Waals surface area contributed by atoms with Gasteiger partial charge in [0.1, 0.15) is 10.6 Å². The van der Waals surface area contributed by atoms with Gasteiger partial charge >= 0.3 is 5.97 Å². The lowest BCUT2D eigenvalue weighted by Gasteiger charge is -2.03. The van der Waals surface area contributed by atoms with Crippen LogP contribution in [0.15, 0.2) is 64.4 Å². The van der Waals surface area contributed by atoms with Crippen LogP contribution in [-0.4, -0.2) is 27.1 Å². The summed E-state index contributed by atoms with van der Waals surface area (Å²) in [5, 5.41) is 15.2. The number of thiophene rings is 2. The van der Waals surface area contributed by atoms with Gasteiger partial charge < -0.3 is 4.74 Å². The zero-order valence-electron chi connectivity index (χ0n) is 13.7. The highest BCUT2D eigenvalue weighted by Gasteiger charge is 2.10. The van der Waals surface area contributed by atoms with E-state index < -0.39 is 0 Å². The van der Waals surface area contributed by atoms with Crippen molar-refractivity contribution in [3.63, 3.8) is 0 Å². The number of esters is 1. The van der Waals surface area contributed by atoms with Crippen molar-refractivity contribution in [1.29, 1.82) is 0 Å². The molecule has 0 aliphatic heterocycles. The highest BCUT2D eigenvalue weighted by Crippen LogP contribution is 2.22. The zero-order chi connectivity index (χ0) is 18.6. The maximum atomic E-state index is 12.0. The standard InChI is InChI=1S/C18H12N4O2S3/c23-17(15-4-2-10-27-15)24-13-7-5-12(6-8-13)11-19-22-16(20-21-18(22)25)14-3-1-9-26-14/h1-11H,(H,21,25)/b19-11-. The lowest BCUT2D eigenvalue weighted by Crippen LogP contribution is -2.06. The predicted molar refractivity (Wildman–Crippen MR) is 109 cm³/mol. The minimum absolute atomic E-state index is 0.364. The Labute approximate surface area is 167 Å². The summed E-state index contributed by atoms with van der Waals surface area (Å²) in [7, 11) is 0. The van der Waals surface area contributed by atoms with Crippen LogP contribution in [0, 0.1) is 4.77 Å². The van der Waals surface area contributed by atoms with E-state index in [1.165, 1.54) is 11.3 Å². The van der Waals surface area contributed by atoms with E-state index in [0.717, 1.165) is 10.4 Å². The van der Waals surface area contributed by atoms with Crippen molar-refractivity contribution < 1.29 is 9.53 Å². The van der Waals surface area contributed by atoms with E-state index in [4.69, 9.17) is 17.0 Å². The molecule has 27 heavy (non-hydrogen) atoms. The van der Waals surface area contributed by atoms with Crippen LogP contribution < -0.4 is 4.74 Å². The van der Waals surface area contributed by atoms with Crippen LogP contribution in [0.2, 0.25) is 0 Å². The summed E-state index contributed by atoms with van der Waals surface area (Å²) in [5.41, 5.74) is 0.839. The third-order valence-corrected chi connectivity index (χ3v) is 5.51. The number of carbonyl (C=O) groups excluding carboxylic acids is 1. The Morgan fingerprint density at radius 2 is 1.93 bits per heavy atom. The maximum absolute atomic E-state index is 12.0. The number of benzene rings is 1. The molecule has 6 nitrogen and oxygen atoms in total. The Morgan fingerprint density at radius 3 is 2.63 bits per heavy atom. The number of carbonyl (C=O) groups is 1. The van der Waals surface area contributed by atoms with Crippen LogP contribution in [0.4, 0.5) is 0 Å². The summed E-state index contributed by atoms with van der Waals surface area (Å²) in [6.07, 6.45) is 1.67. The molecular weight excluding hydrogens is 400 g/mol. The van der Waals surface area contributed by atoms with Crippen molar-refractivity contribution >= 4 is 47.1 Å². The van der Waals surface area contributed by atoms with Gasteiger partial charge in [-0.05, 0) is 64.9 Å². The third kappa shape index (κ3) is 3.95. The second-order valence-electron chi connectivity index (χ2n) is 5.32. The molecule has 0 radical (unpaired) electrons. The van der Waals surface area contributed by atoms with Crippen LogP contribution in [0.25, 0.3) is 10.7 Å². The van der Waals surface area contributed by atoms with Gasteiger partial charge in [-0.2, -0.15) is 14.9 Å². The number of H-pyrrole nitrogens is 1. The van der Waals surface area contributed by atoms with E-state index in [2.05, 4.69) is 15.3 Å². The molecule has 0 spiro atoms. The molecule has 0 saturated carbocycles. The topological polar surface area (TPSA) is 72.3 Å². The van der Waals surface area contributed by atoms with Crippen LogP contribution in [0.1, 0.15) is 15.2 Å². The minimum Gasteiger partial charge on any atom is -0.422 e. The number of aromatic nitrogens is 3. The quantitative estimate of drug-likeness (QED) is 0.220. The zero-order valence-corrected chi connectivity index (χ0v) is 16.2. The molecule has 0 atom stereocenters. The van der Waals surface area contributed by atoms with E-state index in [0.29, 0.717) is 21.2 Å². The second-order valence-corrected chi connectivity index (χ2v) is 7.60. The van der Waals surface area contributed by atoms with Gasteiger partial charge in [0.25, 0.3) is 0 Å². The smallest absolute Gasteiger partial charge is 0.353 e. The minimum atomic E-state index is -0.364. The Hall–Kier alpha value is -2.88. The number of aromatic amines is 1. The van der Waals surface area contributed by atoms with E-state index in [-0.39, 0.29) is 5.97 Å². The number of hydrogen-bond acceptors (Lipinski definition) is 7. The molecule has 3 heterocycles. The molecule has 0 unspecified atom stereocenters. The Kier molecular flexibility index (Phi) is 5.05. The van der Waals surface area contributed by atoms with Crippen LogP contribution >= 0.6 is 34.9 Å². The molecule has 4 rings (SSSR count). The molecule has 134 valence electrons. The second kappa shape index (κ2) is 7.78. The van der Waals surface area contributed by atoms with Gasteiger partial charge in [-0.25, -0.2) is 9.89 Å². The highest BCUT2D eigenvalue weighted by molar-refractivity contribution is 7.71. The summed E-state index contributed by atoms with van der Waals surface area (Å²) < 4.78 is 7.33. The molecule has 1 N–H and O–H groups in total. The third-order valence-electron chi connectivity index (χ3n) is 3.53. The Morgan fingerprint density at radius 1 is 1.15 bits per heavy atom. The fourth-order valence-corrected chi connectivity index (χ4v) is 3.74. The first-order chi connectivity index (χ1) is 13.2. The lowest BCUT2D eigenvalue weighted by atomic mass is 10.2. The monoisotopic (exact) mass is 412 g/mol. The van der Waals surface area contributed by atoms with Crippen LogP contribution in [0.5, 0.6) is 5.75 Å². The van der Waals surface area contributed by atoms with E-state index in [9.17, 15) is 4.79 Å². The summed E-state index contributed by atoms with van der Waals surface area (Å²) in [6, 6.07) is 14.5. The molecule has 0 fully saturated rings. The molecule has 4 aromatic rings. The molecule has 9 heteroatoms. The number of ether oxygens (including phenoxy) is 1. The van der Waals surface area contributed by atoms with Gasteiger partial charge in [0.05, 0.1) is 11.1 Å². The van der Waals surface area contributed by atoms with E-state index in [1.54, 1.807) is 40.4 Å². The summed E-state index contributed by atoms with van der Waals surface area (Å²) in [6.45, 7) is 0. The van der Waals surface area contributed by atoms with E-state index in [1.807, 2.05) is 41.1 Å². The normalized spacial score (nSPS) is 11.1. The van der Waals surface area contributed by atoms with Crippen molar-refractivity contribution in [1.82, 2.24) is 14.9 Å². The highest BCUT2D eigenvalue weighted by atomic mass is 32.1. The molecule has 3 aromatic heterocycles. The largest absolute Gasteiger partial charge is 0.422 e.